The van der Waals surface area contributed by atoms with Crippen LogP contribution in [0.4, 0.5) is 10.8 Å². The van der Waals surface area contributed by atoms with Gasteiger partial charge in [0.05, 0.1) is 5.75 Å². The zero-order chi connectivity index (χ0) is 23.3. The third kappa shape index (κ3) is 5.26. The second kappa shape index (κ2) is 10.3. The first kappa shape index (κ1) is 22.5. The second-order valence-corrected chi connectivity index (χ2v) is 9.92. The third-order valence-corrected chi connectivity index (χ3v) is 7.44. The first-order chi connectivity index (χ1) is 16.7. The van der Waals surface area contributed by atoms with Gasteiger partial charge in [-0.1, -0.05) is 53.4 Å². The van der Waals surface area contributed by atoms with Crippen LogP contribution in [0.3, 0.4) is 0 Å². The lowest BCUT2D eigenvalue weighted by molar-refractivity contribution is -0.145. The summed E-state index contributed by atoms with van der Waals surface area (Å²) < 4.78 is 12.2. The molecular formula is C23H23N5O4S2. The number of anilines is 2. The summed E-state index contributed by atoms with van der Waals surface area (Å²) in [6, 6.07) is 17.1. The molecular weight excluding hydrogens is 474 g/mol. The molecule has 3 aromatic rings. The maximum Gasteiger partial charge on any atom is 0.267 e. The number of para-hydroxylation sites is 3. The van der Waals surface area contributed by atoms with E-state index in [9.17, 15) is 9.59 Å². The minimum absolute atomic E-state index is 0.0241. The van der Waals surface area contributed by atoms with E-state index in [1.165, 1.54) is 23.1 Å². The number of carbonyl (C=O) groups is 2. The maximum atomic E-state index is 12.9. The van der Waals surface area contributed by atoms with Crippen molar-refractivity contribution in [3.05, 3.63) is 54.6 Å². The van der Waals surface area contributed by atoms with Gasteiger partial charge in [0.25, 0.3) is 5.91 Å². The van der Waals surface area contributed by atoms with Crippen LogP contribution in [-0.2, 0) is 9.59 Å². The number of thioether (sulfide) groups is 1. The molecule has 34 heavy (non-hydrogen) atoms. The van der Waals surface area contributed by atoms with Crippen LogP contribution >= 0.6 is 23.1 Å². The molecule has 1 fully saturated rings. The molecule has 0 saturated carbocycles. The standard InChI is InChI=1S/C23H23N5O4S2/c29-20(15-33-23-26-25-22(34-23)24-16-6-2-1-3-7-16)27-10-12-28(13-11-27)21(30)19-14-31-17-8-4-5-9-18(17)32-19/h1-9,19H,10-15H2,(H,24,25)/t19-/m1/s1. The summed E-state index contributed by atoms with van der Waals surface area (Å²) in [5.74, 6) is 1.43. The van der Waals surface area contributed by atoms with E-state index in [0.717, 1.165) is 10.0 Å². The fourth-order valence-electron chi connectivity index (χ4n) is 3.70. The number of benzene rings is 2. The van der Waals surface area contributed by atoms with Gasteiger partial charge in [-0.2, -0.15) is 0 Å². The van der Waals surface area contributed by atoms with Crippen LogP contribution in [-0.4, -0.2) is 76.5 Å². The largest absolute Gasteiger partial charge is 0.485 e. The van der Waals surface area contributed by atoms with Crippen molar-refractivity contribution in [2.45, 2.75) is 10.4 Å². The summed E-state index contributed by atoms with van der Waals surface area (Å²) in [5.41, 5.74) is 0.938. The summed E-state index contributed by atoms with van der Waals surface area (Å²) >= 11 is 2.79. The van der Waals surface area contributed by atoms with Crippen molar-refractivity contribution >= 4 is 45.7 Å². The van der Waals surface area contributed by atoms with Crippen molar-refractivity contribution in [1.82, 2.24) is 20.0 Å². The summed E-state index contributed by atoms with van der Waals surface area (Å²) in [6.07, 6.45) is -0.663. The number of hydrogen-bond acceptors (Lipinski definition) is 9. The van der Waals surface area contributed by atoms with Crippen molar-refractivity contribution in [2.75, 3.05) is 43.9 Å². The number of nitrogens with zero attached hydrogens (tertiary/aromatic N) is 4. The number of hydrogen-bond donors (Lipinski definition) is 1. The molecule has 0 bridgehead atoms. The quantitative estimate of drug-likeness (QED) is 0.520. The smallest absolute Gasteiger partial charge is 0.267 e. The minimum atomic E-state index is -0.663. The predicted octanol–water partition coefficient (Wildman–Crippen LogP) is 2.88. The molecule has 2 aromatic carbocycles. The molecule has 1 aromatic heterocycles. The number of amides is 2. The number of piperazine rings is 1. The highest BCUT2D eigenvalue weighted by atomic mass is 32.2. The Hall–Kier alpha value is -3.31. The predicted molar refractivity (Wildman–Crippen MR) is 130 cm³/mol. The minimum Gasteiger partial charge on any atom is -0.485 e. The van der Waals surface area contributed by atoms with E-state index in [-0.39, 0.29) is 24.2 Å². The zero-order valence-electron chi connectivity index (χ0n) is 18.3. The lowest BCUT2D eigenvalue weighted by Crippen LogP contribution is -2.55. The van der Waals surface area contributed by atoms with Gasteiger partial charge >= 0.3 is 0 Å². The number of fused-ring (bicyclic) bond motifs is 1. The Labute approximate surface area is 205 Å². The number of rotatable bonds is 6. The lowest BCUT2D eigenvalue weighted by atomic mass is 10.2. The van der Waals surface area contributed by atoms with Crippen LogP contribution < -0.4 is 14.8 Å². The Balaban J connectivity index is 1.07. The molecule has 2 aliphatic rings. The molecule has 2 amide bonds. The second-order valence-electron chi connectivity index (χ2n) is 7.72. The van der Waals surface area contributed by atoms with Crippen molar-refractivity contribution in [2.24, 2.45) is 0 Å². The van der Waals surface area contributed by atoms with E-state index < -0.39 is 6.10 Å². The number of nitrogens with one attached hydrogen (secondary N) is 1. The first-order valence-corrected chi connectivity index (χ1v) is 12.7. The molecule has 3 heterocycles. The first-order valence-electron chi connectivity index (χ1n) is 10.9. The van der Waals surface area contributed by atoms with Crippen LogP contribution in [0.2, 0.25) is 0 Å². The van der Waals surface area contributed by atoms with E-state index in [4.69, 9.17) is 9.47 Å². The van der Waals surface area contributed by atoms with Gasteiger partial charge in [0.1, 0.15) is 6.61 Å². The zero-order valence-corrected chi connectivity index (χ0v) is 19.9. The lowest BCUT2D eigenvalue weighted by Gasteiger charge is -2.37. The molecule has 176 valence electrons. The monoisotopic (exact) mass is 497 g/mol. The summed E-state index contributed by atoms with van der Waals surface area (Å²) in [7, 11) is 0. The van der Waals surface area contributed by atoms with Crippen LogP contribution in [0.25, 0.3) is 0 Å². The van der Waals surface area contributed by atoms with Crippen LogP contribution in [0.1, 0.15) is 0 Å². The van der Waals surface area contributed by atoms with Crippen molar-refractivity contribution < 1.29 is 19.1 Å². The van der Waals surface area contributed by atoms with Crippen molar-refractivity contribution in [3.63, 3.8) is 0 Å². The van der Waals surface area contributed by atoms with Crippen LogP contribution in [0.15, 0.2) is 58.9 Å². The average Bonchev–Trinajstić information content (AvgIpc) is 3.34. The summed E-state index contributed by atoms with van der Waals surface area (Å²) in [5, 5.41) is 12.2. The van der Waals surface area contributed by atoms with E-state index in [0.29, 0.717) is 42.8 Å². The number of ether oxygens (including phenoxy) is 2. The van der Waals surface area contributed by atoms with Gasteiger partial charge in [-0.3, -0.25) is 9.59 Å². The molecule has 0 unspecified atom stereocenters. The van der Waals surface area contributed by atoms with E-state index in [1.54, 1.807) is 15.9 Å². The molecule has 11 heteroatoms. The summed E-state index contributed by atoms with van der Waals surface area (Å²) in [4.78, 5) is 29.1. The average molecular weight is 498 g/mol. The Morgan fingerprint density at radius 3 is 2.47 bits per heavy atom. The van der Waals surface area contributed by atoms with Crippen LogP contribution in [0, 0.1) is 0 Å². The molecule has 2 aliphatic heterocycles. The van der Waals surface area contributed by atoms with Gasteiger partial charge in [-0.15, -0.1) is 10.2 Å². The van der Waals surface area contributed by atoms with Gasteiger partial charge in [-0.05, 0) is 24.3 Å². The van der Waals surface area contributed by atoms with Crippen molar-refractivity contribution in [3.8, 4) is 11.5 Å². The fourth-order valence-corrected chi connectivity index (χ4v) is 5.37. The van der Waals surface area contributed by atoms with Crippen molar-refractivity contribution in [1.29, 1.82) is 0 Å². The Morgan fingerprint density at radius 2 is 1.68 bits per heavy atom. The molecule has 1 N–H and O–H groups in total. The van der Waals surface area contributed by atoms with Gasteiger partial charge in [-0.25, -0.2) is 0 Å². The molecule has 0 radical (unpaired) electrons. The van der Waals surface area contributed by atoms with Gasteiger partial charge in [0.15, 0.2) is 15.8 Å². The Kier molecular flexibility index (Phi) is 6.82. The SMILES string of the molecule is O=C(CSc1nnc(Nc2ccccc2)s1)N1CCN(C(=O)[C@H]2COc3ccccc3O2)CC1. The molecule has 9 nitrogen and oxygen atoms in total. The normalized spacial score (nSPS) is 17.4. The molecule has 0 spiro atoms. The number of aromatic nitrogens is 2. The number of carbonyl (C=O) groups excluding carboxylic acids is 2. The fraction of sp³-hybridized carbons (Fsp3) is 0.304. The van der Waals surface area contributed by atoms with Gasteiger partial charge in [0, 0.05) is 31.9 Å². The molecule has 0 aliphatic carbocycles. The van der Waals surface area contributed by atoms with Gasteiger partial charge in [0.2, 0.25) is 17.1 Å². The highest BCUT2D eigenvalue weighted by Crippen LogP contribution is 2.31. The maximum absolute atomic E-state index is 12.9. The Bertz CT molecular complexity index is 1150. The highest BCUT2D eigenvalue weighted by molar-refractivity contribution is 8.01. The van der Waals surface area contributed by atoms with Crippen LogP contribution in [0.5, 0.6) is 11.5 Å². The third-order valence-electron chi connectivity index (χ3n) is 5.48. The summed E-state index contributed by atoms with van der Waals surface area (Å²) in [6.45, 7) is 2.12. The van der Waals surface area contributed by atoms with Gasteiger partial charge < -0.3 is 24.6 Å². The van der Waals surface area contributed by atoms with E-state index in [1.807, 2.05) is 48.5 Å². The van der Waals surface area contributed by atoms with E-state index >= 15 is 0 Å². The van der Waals surface area contributed by atoms with E-state index in [2.05, 4.69) is 15.5 Å². The molecule has 5 rings (SSSR count). The highest BCUT2D eigenvalue weighted by Gasteiger charge is 2.33. The Morgan fingerprint density at radius 1 is 0.971 bits per heavy atom. The molecule has 1 saturated heterocycles. The topological polar surface area (TPSA) is 96.9 Å². The molecule has 1 atom stereocenters.